The molecular formula is C8H6OS2. The van der Waals surface area contributed by atoms with Gasteiger partial charge in [0.25, 0.3) is 0 Å². The van der Waals surface area contributed by atoms with E-state index in [0.717, 1.165) is 10.1 Å². The van der Waals surface area contributed by atoms with Crippen LogP contribution in [0.1, 0.15) is 0 Å². The third kappa shape index (κ3) is 1.61. The Morgan fingerprint density at radius 2 is 1.45 bits per heavy atom. The van der Waals surface area contributed by atoms with E-state index < -0.39 is 0 Å². The van der Waals surface area contributed by atoms with E-state index in [1.54, 1.807) is 22.7 Å². The molecule has 0 radical (unpaired) electrons. The van der Waals surface area contributed by atoms with E-state index in [1.165, 1.54) is 0 Å². The Morgan fingerprint density at radius 3 is 1.82 bits per heavy atom. The van der Waals surface area contributed by atoms with Crippen LogP contribution >= 0.6 is 22.7 Å². The highest BCUT2D eigenvalue weighted by molar-refractivity contribution is 7.13. The number of hydrogen-bond donors (Lipinski definition) is 0. The summed E-state index contributed by atoms with van der Waals surface area (Å²) >= 11 is 3.21. The van der Waals surface area contributed by atoms with Crippen molar-refractivity contribution in [1.82, 2.24) is 0 Å². The summed E-state index contributed by atoms with van der Waals surface area (Å²) in [4.78, 5) is 0. The van der Waals surface area contributed by atoms with Gasteiger partial charge in [0.1, 0.15) is 0 Å². The molecule has 2 rings (SSSR count). The topological polar surface area (TPSA) is 9.23 Å². The average molecular weight is 182 g/mol. The Morgan fingerprint density at radius 1 is 0.909 bits per heavy atom. The minimum absolute atomic E-state index is 0.951. The lowest BCUT2D eigenvalue weighted by molar-refractivity contribution is 0.511. The maximum atomic E-state index is 5.50. The highest BCUT2D eigenvalue weighted by Gasteiger charge is 1.96. The summed E-state index contributed by atoms with van der Waals surface area (Å²) in [5.74, 6) is 0. The van der Waals surface area contributed by atoms with Gasteiger partial charge in [0.2, 0.25) is 0 Å². The Labute approximate surface area is 72.9 Å². The van der Waals surface area contributed by atoms with Crippen LogP contribution in [0.5, 0.6) is 10.1 Å². The van der Waals surface area contributed by atoms with Crippen LogP contribution in [0.25, 0.3) is 0 Å². The average Bonchev–Trinajstić information content (AvgIpc) is 2.60. The molecule has 0 amide bonds. The van der Waals surface area contributed by atoms with E-state index in [2.05, 4.69) is 0 Å². The third-order valence-corrected chi connectivity index (χ3v) is 2.68. The number of hydrogen-bond acceptors (Lipinski definition) is 3. The molecule has 0 aliphatic carbocycles. The molecule has 11 heavy (non-hydrogen) atoms. The highest BCUT2D eigenvalue weighted by Crippen LogP contribution is 2.28. The van der Waals surface area contributed by atoms with E-state index >= 15 is 0 Å². The molecule has 2 aromatic heterocycles. The summed E-state index contributed by atoms with van der Waals surface area (Å²) in [6, 6.07) is 7.88. The van der Waals surface area contributed by atoms with Gasteiger partial charge in [0, 0.05) is 0 Å². The quantitative estimate of drug-likeness (QED) is 0.689. The van der Waals surface area contributed by atoms with Gasteiger partial charge in [-0.2, -0.15) is 0 Å². The fourth-order valence-electron chi connectivity index (χ4n) is 0.742. The minimum atomic E-state index is 0.951. The Bertz CT molecular complexity index is 264. The van der Waals surface area contributed by atoms with Crippen LogP contribution < -0.4 is 4.74 Å². The van der Waals surface area contributed by atoms with Crippen molar-refractivity contribution in [3.63, 3.8) is 0 Å². The van der Waals surface area contributed by atoms with E-state index in [9.17, 15) is 0 Å². The second-order valence-electron chi connectivity index (χ2n) is 1.97. The van der Waals surface area contributed by atoms with Crippen molar-refractivity contribution in [1.29, 1.82) is 0 Å². The lowest BCUT2D eigenvalue weighted by Gasteiger charge is -1.95. The first-order valence-electron chi connectivity index (χ1n) is 3.20. The van der Waals surface area contributed by atoms with Crippen LogP contribution in [0.4, 0.5) is 0 Å². The number of ether oxygens (including phenoxy) is 1. The molecule has 2 heterocycles. The van der Waals surface area contributed by atoms with E-state index in [1.807, 2.05) is 35.0 Å². The van der Waals surface area contributed by atoms with E-state index in [4.69, 9.17) is 4.74 Å². The van der Waals surface area contributed by atoms with E-state index in [-0.39, 0.29) is 0 Å². The van der Waals surface area contributed by atoms with Gasteiger partial charge in [-0.05, 0) is 35.0 Å². The molecule has 3 heteroatoms. The summed E-state index contributed by atoms with van der Waals surface area (Å²) in [7, 11) is 0. The first kappa shape index (κ1) is 6.88. The SMILES string of the molecule is c1csc(Oc2cccs2)c1. The third-order valence-electron chi connectivity index (χ3n) is 1.19. The van der Waals surface area contributed by atoms with Gasteiger partial charge in [-0.3, -0.25) is 0 Å². The molecule has 0 aliphatic rings. The summed E-state index contributed by atoms with van der Waals surface area (Å²) in [5, 5.41) is 5.91. The lowest BCUT2D eigenvalue weighted by Crippen LogP contribution is -1.72. The second-order valence-corrected chi connectivity index (χ2v) is 3.79. The molecule has 0 unspecified atom stereocenters. The maximum absolute atomic E-state index is 5.50. The fraction of sp³-hybridized carbons (Fsp3) is 0. The number of thiophene rings is 2. The molecule has 0 saturated carbocycles. The van der Waals surface area contributed by atoms with Crippen LogP contribution in [-0.2, 0) is 0 Å². The first-order chi connectivity index (χ1) is 5.45. The zero-order valence-corrected chi connectivity index (χ0v) is 7.32. The first-order valence-corrected chi connectivity index (χ1v) is 4.96. The minimum Gasteiger partial charge on any atom is -0.436 e. The summed E-state index contributed by atoms with van der Waals surface area (Å²) in [6.45, 7) is 0. The molecular weight excluding hydrogens is 176 g/mol. The molecule has 0 atom stereocenters. The molecule has 0 aromatic carbocycles. The molecule has 0 spiro atoms. The molecule has 0 aliphatic heterocycles. The Hall–Kier alpha value is -0.800. The van der Waals surface area contributed by atoms with Gasteiger partial charge in [0.05, 0.1) is 0 Å². The lowest BCUT2D eigenvalue weighted by atomic mass is 10.6. The largest absolute Gasteiger partial charge is 0.436 e. The molecule has 56 valence electrons. The smallest absolute Gasteiger partial charge is 0.182 e. The van der Waals surface area contributed by atoms with Gasteiger partial charge in [-0.25, -0.2) is 0 Å². The van der Waals surface area contributed by atoms with Gasteiger partial charge in [-0.15, -0.1) is 22.7 Å². The van der Waals surface area contributed by atoms with Crippen LogP contribution in [-0.4, -0.2) is 0 Å². The molecule has 0 N–H and O–H groups in total. The van der Waals surface area contributed by atoms with Gasteiger partial charge < -0.3 is 4.74 Å². The van der Waals surface area contributed by atoms with Crippen LogP contribution in [0.15, 0.2) is 35.0 Å². The van der Waals surface area contributed by atoms with Crippen molar-refractivity contribution in [2.75, 3.05) is 0 Å². The molecule has 0 fully saturated rings. The highest BCUT2D eigenvalue weighted by atomic mass is 32.1. The summed E-state index contributed by atoms with van der Waals surface area (Å²) < 4.78 is 5.50. The molecule has 1 nitrogen and oxygen atoms in total. The van der Waals surface area contributed by atoms with Crippen molar-refractivity contribution in [2.45, 2.75) is 0 Å². The molecule has 0 bridgehead atoms. The summed E-state index contributed by atoms with van der Waals surface area (Å²) in [5.41, 5.74) is 0. The predicted octanol–water partition coefficient (Wildman–Crippen LogP) is 3.60. The molecule has 2 aromatic rings. The van der Waals surface area contributed by atoms with Crippen molar-refractivity contribution in [3.05, 3.63) is 35.0 Å². The Balaban J connectivity index is 2.14. The van der Waals surface area contributed by atoms with Crippen molar-refractivity contribution in [3.8, 4) is 10.1 Å². The Kier molecular flexibility index (Phi) is 1.92. The zero-order chi connectivity index (χ0) is 7.52. The monoisotopic (exact) mass is 182 g/mol. The second kappa shape index (κ2) is 3.07. The van der Waals surface area contributed by atoms with Crippen LogP contribution in [0.2, 0.25) is 0 Å². The maximum Gasteiger partial charge on any atom is 0.182 e. The standard InChI is InChI=1S/C8H6OS2/c1-3-7(10-5-1)9-8-4-2-6-11-8/h1-6H. The zero-order valence-electron chi connectivity index (χ0n) is 5.69. The molecule has 0 saturated heterocycles. The number of rotatable bonds is 2. The van der Waals surface area contributed by atoms with Gasteiger partial charge >= 0.3 is 0 Å². The van der Waals surface area contributed by atoms with Crippen molar-refractivity contribution < 1.29 is 4.74 Å². The van der Waals surface area contributed by atoms with Crippen LogP contribution in [0.3, 0.4) is 0 Å². The van der Waals surface area contributed by atoms with E-state index in [0.29, 0.717) is 0 Å². The normalized spacial score (nSPS) is 9.82. The van der Waals surface area contributed by atoms with Crippen molar-refractivity contribution >= 4 is 22.7 Å². The van der Waals surface area contributed by atoms with Crippen LogP contribution in [0, 0.1) is 0 Å². The summed E-state index contributed by atoms with van der Waals surface area (Å²) in [6.07, 6.45) is 0. The van der Waals surface area contributed by atoms with Crippen molar-refractivity contribution in [2.24, 2.45) is 0 Å². The predicted molar refractivity (Wildman–Crippen MR) is 48.7 cm³/mol. The van der Waals surface area contributed by atoms with Gasteiger partial charge in [0.15, 0.2) is 10.1 Å². The van der Waals surface area contributed by atoms with Gasteiger partial charge in [-0.1, -0.05) is 0 Å². The fourth-order valence-corrected chi connectivity index (χ4v) is 1.97.